The van der Waals surface area contributed by atoms with Crippen molar-refractivity contribution in [2.24, 2.45) is 4.99 Å². The third kappa shape index (κ3) is 6.63. The number of aliphatic imine (C=N–C) groups is 1. The highest BCUT2D eigenvalue weighted by Gasteiger charge is 2.54. The van der Waals surface area contributed by atoms with Crippen LogP contribution in [0.5, 0.6) is 5.75 Å². The van der Waals surface area contributed by atoms with Crippen molar-refractivity contribution in [1.82, 2.24) is 5.48 Å². The molecule has 3 N–H and O–H groups in total. The van der Waals surface area contributed by atoms with E-state index >= 15 is 0 Å². The van der Waals surface area contributed by atoms with Gasteiger partial charge in [-0.25, -0.2) is 10.5 Å². The lowest BCUT2D eigenvalue weighted by Gasteiger charge is -2.30. The van der Waals surface area contributed by atoms with Crippen molar-refractivity contribution in [1.29, 1.82) is 0 Å². The number of rotatable bonds is 10. The van der Waals surface area contributed by atoms with Gasteiger partial charge in [0, 0.05) is 35.0 Å². The molecule has 0 unspecified atom stereocenters. The molecule has 0 saturated carbocycles. The predicted octanol–water partition coefficient (Wildman–Crippen LogP) is 4.09. The van der Waals surface area contributed by atoms with Crippen LogP contribution in [0.25, 0.3) is 0 Å². The molecule has 9 nitrogen and oxygen atoms in total. The van der Waals surface area contributed by atoms with Gasteiger partial charge in [0.05, 0.1) is 6.61 Å². The third-order valence-corrected chi connectivity index (χ3v) is 6.17. The zero-order chi connectivity index (χ0) is 26.3. The van der Waals surface area contributed by atoms with Crippen LogP contribution in [0.4, 0.5) is 0 Å². The summed E-state index contributed by atoms with van der Waals surface area (Å²) in [6, 6.07) is 14.2. The molecule has 0 bridgehead atoms. The molecule has 1 heterocycles. The number of aliphatic hydroxyl groups excluding tert-OH is 1. The first-order valence-corrected chi connectivity index (χ1v) is 12.4. The van der Waals surface area contributed by atoms with Crippen molar-refractivity contribution in [3.63, 3.8) is 0 Å². The quantitative estimate of drug-likeness (QED) is 0.172. The first-order chi connectivity index (χ1) is 17.1. The van der Waals surface area contributed by atoms with Gasteiger partial charge in [-0.3, -0.25) is 14.8 Å². The smallest absolute Gasteiger partial charge is 0.306 e. The second-order valence-corrected chi connectivity index (χ2v) is 10.2. The molecule has 1 aliphatic heterocycles. The van der Waals surface area contributed by atoms with Crippen LogP contribution in [-0.4, -0.2) is 52.4 Å². The average molecular weight is 563 g/mol. The van der Waals surface area contributed by atoms with Crippen LogP contribution in [0.15, 0.2) is 58.0 Å². The summed E-state index contributed by atoms with van der Waals surface area (Å²) in [5.41, 5.74) is 0.611. The number of carbonyl (C=O) groups excluding carboxylic acids is 2. The Kier molecular flexibility index (Phi) is 9.10. The lowest BCUT2D eigenvalue weighted by molar-refractivity contribution is -0.155. The molecule has 1 amide bonds. The molecule has 194 valence electrons. The first-order valence-electron chi connectivity index (χ1n) is 11.6. The van der Waals surface area contributed by atoms with Crippen molar-refractivity contribution in [2.45, 2.75) is 57.3 Å². The lowest BCUT2D eigenvalue weighted by Crippen LogP contribution is -2.47. The Morgan fingerprint density at radius 2 is 1.86 bits per heavy atom. The Bertz CT molecular complexity index is 1100. The molecule has 10 heteroatoms. The predicted molar refractivity (Wildman–Crippen MR) is 136 cm³/mol. The highest BCUT2D eigenvalue weighted by molar-refractivity contribution is 9.10. The number of carbonyl (C=O) groups is 2. The van der Waals surface area contributed by atoms with Crippen LogP contribution < -0.4 is 10.2 Å². The number of nitrogens with one attached hydrogen (secondary N) is 1. The van der Waals surface area contributed by atoms with E-state index in [4.69, 9.17) is 19.3 Å². The molecular weight excluding hydrogens is 532 g/mol. The zero-order valence-corrected chi connectivity index (χ0v) is 22.1. The van der Waals surface area contributed by atoms with E-state index < -0.39 is 29.1 Å². The second-order valence-electron chi connectivity index (χ2n) is 9.34. The van der Waals surface area contributed by atoms with Gasteiger partial charge in [-0.05, 0) is 57.5 Å². The van der Waals surface area contributed by atoms with Gasteiger partial charge in [-0.2, -0.15) is 0 Å². The molecule has 2 aromatic carbocycles. The number of esters is 1. The molecule has 3 rings (SSSR count). The Labute approximate surface area is 218 Å². The van der Waals surface area contributed by atoms with E-state index in [9.17, 15) is 14.8 Å². The van der Waals surface area contributed by atoms with E-state index in [0.29, 0.717) is 34.4 Å². The maximum Gasteiger partial charge on any atom is 0.306 e. The van der Waals surface area contributed by atoms with Crippen LogP contribution in [0.3, 0.4) is 0 Å². The Morgan fingerprint density at radius 3 is 2.47 bits per heavy atom. The van der Waals surface area contributed by atoms with Crippen molar-refractivity contribution in [3.8, 4) is 5.75 Å². The van der Waals surface area contributed by atoms with Crippen LogP contribution in [0.2, 0.25) is 0 Å². The SMILES string of the molecule is CC(C)(C)OC(=O)CC[C@]1(C(=O)NO)N=C(c2ccc(OCCCO)cc2)O[C@H]1c1ccccc1Br. The Hall–Kier alpha value is -2.95. The summed E-state index contributed by atoms with van der Waals surface area (Å²) in [7, 11) is 0. The van der Waals surface area contributed by atoms with E-state index in [1.807, 2.05) is 12.1 Å². The fourth-order valence-electron chi connectivity index (χ4n) is 3.82. The van der Waals surface area contributed by atoms with E-state index in [0.717, 1.165) is 0 Å². The minimum Gasteiger partial charge on any atom is -0.494 e. The molecule has 0 spiro atoms. The highest BCUT2D eigenvalue weighted by atomic mass is 79.9. The summed E-state index contributed by atoms with van der Waals surface area (Å²) >= 11 is 3.51. The van der Waals surface area contributed by atoms with Gasteiger partial charge < -0.3 is 19.3 Å². The van der Waals surface area contributed by atoms with Gasteiger partial charge in [-0.15, -0.1) is 0 Å². The van der Waals surface area contributed by atoms with E-state index in [-0.39, 0.29) is 25.3 Å². The van der Waals surface area contributed by atoms with Gasteiger partial charge in [0.2, 0.25) is 5.90 Å². The molecular formula is C26H31BrN2O7. The topological polar surface area (TPSA) is 127 Å². The summed E-state index contributed by atoms with van der Waals surface area (Å²) in [5.74, 6) is -0.500. The summed E-state index contributed by atoms with van der Waals surface area (Å²) in [6.45, 7) is 5.70. The molecule has 0 saturated heterocycles. The summed E-state index contributed by atoms with van der Waals surface area (Å²) < 4.78 is 17.9. The minimum absolute atomic E-state index is 0.0391. The molecule has 2 aromatic rings. The monoisotopic (exact) mass is 562 g/mol. The van der Waals surface area contributed by atoms with Gasteiger partial charge in [-0.1, -0.05) is 34.1 Å². The van der Waals surface area contributed by atoms with Gasteiger partial charge >= 0.3 is 5.97 Å². The summed E-state index contributed by atoms with van der Waals surface area (Å²) in [6.07, 6.45) is -0.602. The minimum atomic E-state index is -1.64. The number of benzene rings is 2. The van der Waals surface area contributed by atoms with Crippen LogP contribution in [-0.2, 0) is 19.1 Å². The number of amides is 1. The largest absolute Gasteiger partial charge is 0.494 e. The number of aliphatic hydroxyl groups is 1. The van der Waals surface area contributed by atoms with Crippen molar-refractivity contribution < 1.29 is 34.1 Å². The molecule has 0 radical (unpaired) electrons. The number of hydrogen-bond donors (Lipinski definition) is 3. The molecule has 2 atom stereocenters. The second kappa shape index (κ2) is 11.9. The van der Waals surface area contributed by atoms with Crippen LogP contribution in [0, 0.1) is 0 Å². The maximum absolute atomic E-state index is 13.2. The number of nitrogens with zero attached hydrogens (tertiary/aromatic N) is 1. The molecule has 36 heavy (non-hydrogen) atoms. The first kappa shape index (κ1) is 27.6. The Morgan fingerprint density at radius 1 is 1.17 bits per heavy atom. The van der Waals surface area contributed by atoms with Crippen molar-refractivity contribution in [3.05, 3.63) is 64.1 Å². The summed E-state index contributed by atoms with van der Waals surface area (Å²) in [5, 5.41) is 18.6. The average Bonchev–Trinajstić information content (AvgIpc) is 3.23. The fourth-order valence-corrected chi connectivity index (χ4v) is 4.31. The number of ether oxygens (including phenoxy) is 3. The van der Waals surface area contributed by atoms with Crippen molar-refractivity contribution in [2.75, 3.05) is 13.2 Å². The lowest BCUT2D eigenvalue weighted by atomic mass is 9.83. The molecule has 0 fully saturated rings. The number of halogens is 1. The standard InChI is InChI=1S/C26H31BrN2O7/c1-25(2,3)36-21(31)13-14-26(24(32)29-33)22(19-7-4-5-8-20(19)27)35-23(28-26)17-9-11-18(12-10-17)34-16-6-15-30/h4-5,7-12,22,30,33H,6,13-16H2,1-3H3,(H,29,32)/t22-,26-/m0/s1. The van der Waals surface area contributed by atoms with E-state index in [2.05, 4.69) is 20.9 Å². The van der Waals surface area contributed by atoms with Crippen LogP contribution >= 0.6 is 15.9 Å². The van der Waals surface area contributed by atoms with Crippen LogP contribution in [0.1, 0.15) is 57.3 Å². The fraction of sp³-hybridized carbons (Fsp3) is 0.423. The summed E-state index contributed by atoms with van der Waals surface area (Å²) in [4.78, 5) is 30.3. The van der Waals surface area contributed by atoms with Crippen molar-refractivity contribution >= 4 is 33.7 Å². The molecule has 1 aliphatic rings. The van der Waals surface area contributed by atoms with Gasteiger partial charge in [0.15, 0.2) is 11.6 Å². The third-order valence-electron chi connectivity index (χ3n) is 5.45. The normalized spacial score (nSPS) is 19.3. The molecule has 0 aliphatic carbocycles. The maximum atomic E-state index is 13.2. The Balaban J connectivity index is 1.98. The van der Waals surface area contributed by atoms with Gasteiger partial charge in [0.25, 0.3) is 5.91 Å². The number of hydroxylamine groups is 1. The molecule has 0 aromatic heterocycles. The highest BCUT2D eigenvalue weighted by Crippen LogP contribution is 2.45. The van der Waals surface area contributed by atoms with E-state index in [1.165, 1.54) is 0 Å². The zero-order valence-electron chi connectivity index (χ0n) is 20.5. The number of hydrogen-bond acceptors (Lipinski definition) is 8. The van der Waals surface area contributed by atoms with E-state index in [1.54, 1.807) is 62.6 Å². The van der Waals surface area contributed by atoms with Gasteiger partial charge in [0.1, 0.15) is 11.4 Å².